The highest BCUT2D eigenvalue weighted by Crippen LogP contribution is 2.32. The molecule has 0 aliphatic heterocycles. The minimum absolute atomic E-state index is 0.160. The summed E-state index contributed by atoms with van der Waals surface area (Å²) in [4.78, 5) is 11.7. The number of halogens is 2. The largest absolute Gasteiger partial charge is 0.355 e. The molecule has 1 amide bonds. The van der Waals surface area contributed by atoms with Crippen molar-refractivity contribution in [2.24, 2.45) is 5.92 Å². The SMILES string of the molecule is CC(C)(CNC(=O)C1CC1)c1ccc(Cl)cc1Cl. The maximum absolute atomic E-state index is 11.7. The summed E-state index contributed by atoms with van der Waals surface area (Å²) in [7, 11) is 0. The highest BCUT2D eigenvalue weighted by molar-refractivity contribution is 6.35. The van der Waals surface area contributed by atoms with E-state index < -0.39 is 0 Å². The lowest BCUT2D eigenvalue weighted by Crippen LogP contribution is -2.37. The molecular weight excluding hydrogens is 269 g/mol. The molecule has 1 fully saturated rings. The lowest BCUT2D eigenvalue weighted by Gasteiger charge is -2.27. The van der Waals surface area contributed by atoms with E-state index in [4.69, 9.17) is 23.2 Å². The average molecular weight is 286 g/mol. The number of amides is 1. The van der Waals surface area contributed by atoms with E-state index in [1.807, 2.05) is 12.1 Å². The minimum atomic E-state index is -0.202. The predicted molar refractivity (Wildman–Crippen MR) is 75.2 cm³/mol. The molecule has 0 spiro atoms. The molecular formula is C14H17Cl2NO. The maximum Gasteiger partial charge on any atom is 0.223 e. The Labute approximate surface area is 118 Å². The molecule has 2 nitrogen and oxygen atoms in total. The summed E-state index contributed by atoms with van der Waals surface area (Å²) in [5.41, 5.74) is 0.802. The number of carbonyl (C=O) groups excluding carboxylic acids is 1. The van der Waals surface area contributed by atoms with Crippen molar-refractivity contribution in [3.63, 3.8) is 0 Å². The Bertz CT molecular complexity index is 467. The van der Waals surface area contributed by atoms with Gasteiger partial charge >= 0.3 is 0 Å². The third-order valence-electron chi connectivity index (χ3n) is 3.31. The summed E-state index contributed by atoms with van der Waals surface area (Å²) in [6.07, 6.45) is 2.04. The molecule has 0 unspecified atom stereocenters. The fraction of sp³-hybridized carbons (Fsp3) is 0.500. The average Bonchev–Trinajstić information content (AvgIpc) is 3.09. The van der Waals surface area contributed by atoms with E-state index in [0.717, 1.165) is 18.4 Å². The van der Waals surface area contributed by atoms with Crippen LogP contribution in [0.15, 0.2) is 18.2 Å². The zero-order valence-corrected chi connectivity index (χ0v) is 12.1. The number of hydrogen-bond donors (Lipinski definition) is 1. The first-order valence-corrected chi connectivity index (χ1v) is 6.89. The van der Waals surface area contributed by atoms with Crippen LogP contribution in [0.25, 0.3) is 0 Å². The van der Waals surface area contributed by atoms with Gasteiger partial charge in [-0.25, -0.2) is 0 Å². The molecule has 1 aromatic carbocycles. The Kier molecular flexibility index (Phi) is 3.88. The Morgan fingerprint density at radius 1 is 1.39 bits per heavy atom. The third kappa shape index (κ3) is 3.18. The number of hydrogen-bond acceptors (Lipinski definition) is 1. The molecule has 0 bridgehead atoms. The van der Waals surface area contributed by atoms with Gasteiger partial charge in [-0.1, -0.05) is 43.1 Å². The molecule has 4 heteroatoms. The van der Waals surface area contributed by atoms with Gasteiger partial charge in [0.25, 0.3) is 0 Å². The van der Waals surface area contributed by atoms with E-state index in [1.54, 1.807) is 6.07 Å². The molecule has 0 aromatic heterocycles. The Hall–Kier alpha value is -0.730. The first-order valence-electron chi connectivity index (χ1n) is 6.13. The zero-order chi connectivity index (χ0) is 13.3. The van der Waals surface area contributed by atoms with Crippen molar-refractivity contribution >= 4 is 29.1 Å². The molecule has 1 N–H and O–H groups in total. The molecule has 2 rings (SSSR count). The van der Waals surface area contributed by atoms with E-state index >= 15 is 0 Å². The molecule has 1 aliphatic rings. The van der Waals surface area contributed by atoms with Crippen molar-refractivity contribution in [1.82, 2.24) is 5.32 Å². The van der Waals surface area contributed by atoms with E-state index in [2.05, 4.69) is 19.2 Å². The van der Waals surface area contributed by atoms with Crippen LogP contribution >= 0.6 is 23.2 Å². The van der Waals surface area contributed by atoms with Gasteiger partial charge in [0, 0.05) is 27.9 Å². The molecule has 0 atom stereocenters. The number of benzene rings is 1. The van der Waals surface area contributed by atoms with Crippen molar-refractivity contribution in [3.05, 3.63) is 33.8 Å². The standard InChI is InChI=1S/C14H17Cl2NO/c1-14(2,8-17-13(18)9-3-4-9)11-6-5-10(15)7-12(11)16/h5-7,9H,3-4,8H2,1-2H3,(H,17,18). The smallest absolute Gasteiger partial charge is 0.223 e. The Morgan fingerprint density at radius 2 is 2.06 bits per heavy atom. The van der Waals surface area contributed by atoms with E-state index in [0.29, 0.717) is 16.6 Å². The van der Waals surface area contributed by atoms with Crippen LogP contribution in [-0.2, 0) is 10.2 Å². The van der Waals surface area contributed by atoms with Crippen LogP contribution in [0.4, 0.5) is 0 Å². The summed E-state index contributed by atoms with van der Waals surface area (Å²) < 4.78 is 0. The van der Waals surface area contributed by atoms with Gasteiger partial charge in [-0.2, -0.15) is 0 Å². The maximum atomic E-state index is 11.7. The summed E-state index contributed by atoms with van der Waals surface area (Å²) in [6, 6.07) is 5.49. The van der Waals surface area contributed by atoms with Crippen molar-refractivity contribution in [1.29, 1.82) is 0 Å². The van der Waals surface area contributed by atoms with Gasteiger partial charge < -0.3 is 5.32 Å². The highest BCUT2D eigenvalue weighted by atomic mass is 35.5. The molecule has 0 heterocycles. The van der Waals surface area contributed by atoms with Crippen molar-refractivity contribution < 1.29 is 4.79 Å². The molecule has 1 saturated carbocycles. The van der Waals surface area contributed by atoms with Gasteiger partial charge in [-0.3, -0.25) is 4.79 Å². The summed E-state index contributed by atoms with van der Waals surface area (Å²) in [6.45, 7) is 4.72. The fourth-order valence-corrected chi connectivity index (χ4v) is 2.60. The van der Waals surface area contributed by atoms with Crippen molar-refractivity contribution in [2.45, 2.75) is 32.1 Å². The lowest BCUT2D eigenvalue weighted by atomic mass is 9.84. The quantitative estimate of drug-likeness (QED) is 0.896. The first kappa shape index (κ1) is 13.7. The van der Waals surface area contributed by atoms with Crippen LogP contribution in [0.3, 0.4) is 0 Å². The molecule has 98 valence electrons. The molecule has 18 heavy (non-hydrogen) atoms. The van der Waals surface area contributed by atoms with E-state index in [-0.39, 0.29) is 17.2 Å². The number of nitrogens with one attached hydrogen (secondary N) is 1. The molecule has 0 radical (unpaired) electrons. The van der Waals surface area contributed by atoms with Crippen LogP contribution in [0, 0.1) is 5.92 Å². The van der Waals surface area contributed by atoms with Gasteiger partial charge in [-0.15, -0.1) is 0 Å². The second-order valence-corrected chi connectivity index (χ2v) is 6.34. The topological polar surface area (TPSA) is 29.1 Å². The summed E-state index contributed by atoms with van der Waals surface area (Å²) >= 11 is 12.1. The fourth-order valence-electron chi connectivity index (χ4n) is 1.93. The minimum Gasteiger partial charge on any atom is -0.355 e. The van der Waals surface area contributed by atoms with E-state index in [9.17, 15) is 4.79 Å². The van der Waals surface area contributed by atoms with Crippen LogP contribution in [0.2, 0.25) is 10.0 Å². The molecule has 1 aromatic rings. The lowest BCUT2D eigenvalue weighted by molar-refractivity contribution is -0.122. The van der Waals surface area contributed by atoms with Gasteiger partial charge in [0.05, 0.1) is 0 Å². The first-order chi connectivity index (χ1) is 8.40. The van der Waals surface area contributed by atoms with E-state index in [1.165, 1.54) is 0 Å². The van der Waals surface area contributed by atoms with Crippen LogP contribution in [0.5, 0.6) is 0 Å². The predicted octanol–water partition coefficient (Wildman–Crippen LogP) is 3.80. The normalized spacial score (nSPS) is 15.6. The van der Waals surface area contributed by atoms with Gasteiger partial charge in [0.1, 0.15) is 0 Å². The summed E-state index contributed by atoms with van der Waals surface area (Å²) in [5, 5.41) is 4.27. The van der Waals surface area contributed by atoms with Crippen molar-refractivity contribution in [3.8, 4) is 0 Å². The third-order valence-corrected chi connectivity index (χ3v) is 3.86. The Balaban J connectivity index is 2.06. The van der Waals surface area contributed by atoms with Gasteiger partial charge in [0.2, 0.25) is 5.91 Å². The second-order valence-electron chi connectivity index (χ2n) is 5.50. The molecule has 1 aliphatic carbocycles. The van der Waals surface area contributed by atoms with Crippen molar-refractivity contribution in [2.75, 3.05) is 6.54 Å². The van der Waals surface area contributed by atoms with Gasteiger partial charge in [0.15, 0.2) is 0 Å². The number of rotatable bonds is 4. The number of carbonyl (C=O) groups is 1. The van der Waals surface area contributed by atoms with Crippen LogP contribution < -0.4 is 5.32 Å². The highest BCUT2D eigenvalue weighted by Gasteiger charge is 2.31. The molecule has 0 saturated heterocycles. The summed E-state index contributed by atoms with van der Waals surface area (Å²) in [5.74, 6) is 0.398. The van der Waals surface area contributed by atoms with Gasteiger partial charge in [-0.05, 0) is 30.5 Å². The Morgan fingerprint density at radius 3 is 2.61 bits per heavy atom. The second kappa shape index (κ2) is 5.10. The van der Waals surface area contributed by atoms with Crippen LogP contribution in [0.1, 0.15) is 32.3 Å². The monoisotopic (exact) mass is 285 g/mol. The zero-order valence-electron chi connectivity index (χ0n) is 10.6. The van der Waals surface area contributed by atoms with Crippen LogP contribution in [-0.4, -0.2) is 12.5 Å².